The van der Waals surface area contributed by atoms with Gasteiger partial charge >= 0.3 is 5.97 Å². The van der Waals surface area contributed by atoms with Gasteiger partial charge in [0, 0.05) is 12.6 Å². The molecule has 0 aromatic heterocycles. The van der Waals surface area contributed by atoms with E-state index in [1.165, 1.54) is 32.8 Å². The maximum atomic E-state index is 11.2. The minimum absolute atomic E-state index is 0.303. The van der Waals surface area contributed by atoms with Gasteiger partial charge in [0.2, 0.25) is 0 Å². The molecule has 0 saturated heterocycles. The van der Waals surface area contributed by atoms with Crippen molar-refractivity contribution in [2.75, 3.05) is 20.2 Å². The van der Waals surface area contributed by atoms with Gasteiger partial charge in [0.05, 0.1) is 7.11 Å². The lowest BCUT2D eigenvalue weighted by molar-refractivity contribution is -0.142. The number of esters is 1. The summed E-state index contributed by atoms with van der Waals surface area (Å²) in [6.07, 6.45) is 5.95. The van der Waals surface area contributed by atoms with Crippen LogP contribution >= 0.6 is 0 Å². The zero-order chi connectivity index (χ0) is 12.0. The Bertz CT molecular complexity index is 215. The van der Waals surface area contributed by atoms with Gasteiger partial charge in [-0.1, -0.05) is 19.8 Å². The van der Waals surface area contributed by atoms with Crippen LogP contribution in [0.15, 0.2) is 0 Å². The van der Waals surface area contributed by atoms with E-state index in [2.05, 4.69) is 16.6 Å². The Kier molecular flexibility index (Phi) is 5.77. The first-order valence-corrected chi connectivity index (χ1v) is 6.26. The third-order valence-electron chi connectivity index (χ3n) is 3.48. The molecule has 0 aliphatic heterocycles. The van der Waals surface area contributed by atoms with Gasteiger partial charge in [0.15, 0.2) is 0 Å². The number of methoxy groups -OCH3 is 1. The highest BCUT2D eigenvalue weighted by Crippen LogP contribution is 2.23. The molecule has 4 heteroatoms. The highest BCUT2D eigenvalue weighted by Gasteiger charge is 2.22. The molecule has 0 heterocycles. The molecule has 16 heavy (non-hydrogen) atoms. The van der Waals surface area contributed by atoms with Crippen molar-refractivity contribution >= 4 is 5.97 Å². The van der Waals surface area contributed by atoms with E-state index in [0.29, 0.717) is 12.5 Å². The van der Waals surface area contributed by atoms with Crippen LogP contribution in [0.2, 0.25) is 0 Å². The summed E-state index contributed by atoms with van der Waals surface area (Å²) >= 11 is 0. The monoisotopic (exact) mass is 228 g/mol. The highest BCUT2D eigenvalue weighted by molar-refractivity contribution is 5.75. The molecule has 1 unspecified atom stereocenters. The Morgan fingerprint density at radius 2 is 2.12 bits per heavy atom. The number of hydrogen-bond acceptors (Lipinski definition) is 4. The summed E-state index contributed by atoms with van der Waals surface area (Å²) in [5, 5.41) is 0. The smallest absolute Gasteiger partial charge is 0.322 e. The molecule has 1 aliphatic rings. The molecular weight excluding hydrogens is 204 g/mol. The van der Waals surface area contributed by atoms with Gasteiger partial charge in [0.25, 0.3) is 0 Å². The maximum Gasteiger partial charge on any atom is 0.322 e. The summed E-state index contributed by atoms with van der Waals surface area (Å²) in [7, 11) is 1.39. The van der Waals surface area contributed by atoms with Gasteiger partial charge in [-0.2, -0.15) is 0 Å². The molecule has 94 valence electrons. The van der Waals surface area contributed by atoms with E-state index < -0.39 is 6.04 Å². The van der Waals surface area contributed by atoms with Crippen LogP contribution in [0.5, 0.6) is 0 Å². The average Bonchev–Trinajstić information content (AvgIpc) is 2.82. The van der Waals surface area contributed by atoms with Crippen molar-refractivity contribution in [2.24, 2.45) is 5.73 Å². The lowest BCUT2D eigenvalue weighted by atomic mass is 10.1. The molecule has 1 atom stereocenters. The fourth-order valence-corrected chi connectivity index (χ4v) is 2.44. The Labute approximate surface area is 98.1 Å². The fraction of sp³-hybridized carbons (Fsp3) is 0.917. The van der Waals surface area contributed by atoms with Gasteiger partial charge in [-0.05, 0) is 25.8 Å². The van der Waals surface area contributed by atoms with E-state index in [1.54, 1.807) is 0 Å². The van der Waals surface area contributed by atoms with E-state index in [4.69, 9.17) is 5.73 Å². The van der Waals surface area contributed by atoms with Crippen molar-refractivity contribution in [3.63, 3.8) is 0 Å². The number of nitrogens with two attached hydrogens (primary N) is 1. The Balaban J connectivity index is 2.30. The van der Waals surface area contributed by atoms with Crippen molar-refractivity contribution in [1.82, 2.24) is 4.90 Å². The van der Waals surface area contributed by atoms with Gasteiger partial charge < -0.3 is 15.4 Å². The van der Waals surface area contributed by atoms with Crippen LogP contribution in [0.25, 0.3) is 0 Å². The average molecular weight is 228 g/mol. The second-order valence-electron chi connectivity index (χ2n) is 4.49. The molecule has 0 radical (unpaired) electrons. The van der Waals surface area contributed by atoms with Crippen LogP contribution in [0.1, 0.15) is 39.0 Å². The molecular formula is C12H24N2O2. The molecule has 1 aliphatic carbocycles. The summed E-state index contributed by atoms with van der Waals surface area (Å²) < 4.78 is 4.62. The van der Waals surface area contributed by atoms with E-state index >= 15 is 0 Å². The standard InChI is InChI=1S/C12H24N2O2/c1-3-14(10-6-4-5-7-10)9-8-11(13)12(15)16-2/h10-11H,3-9,13H2,1-2H3. The number of carbonyl (C=O) groups excluding carboxylic acids is 1. The molecule has 2 N–H and O–H groups in total. The van der Waals surface area contributed by atoms with Crippen LogP contribution in [0.4, 0.5) is 0 Å². The summed E-state index contributed by atoms with van der Waals surface area (Å²) in [6, 6.07) is 0.232. The summed E-state index contributed by atoms with van der Waals surface area (Å²) in [4.78, 5) is 13.6. The first-order valence-electron chi connectivity index (χ1n) is 6.26. The number of nitrogens with zero attached hydrogens (tertiary/aromatic N) is 1. The Morgan fingerprint density at radius 3 is 2.62 bits per heavy atom. The van der Waals surface area contributed by atoms with Crippen molar-refractivity contribution in [2.45, 2.75) is 51.1 Å². The van der Waals surface area contributed by atoms with E-state index in [-0.39, 0.29) is 5.97 Å². The second kappa shape index (κ2) is 6.86. The normalized spacial score (nSPS) is 19.0. The SMILES string of the molecule is CCN(CCC(N)C(=O)OC)C1CCCC1. The predicted octanol–water partition coefficient (Wildman–Crippen LogP) is 1.14. The number of hydrogen-bond donors (Lipinski definition) is 1. The lowest BCUT2D eigenvalue weighted by Crippen LogP contribution is -2.39. The fourth-order valence-electron chi connectivity index (χ4n) is 2.44. The molecule has 0 spiro atoms. The van der Waals surface area contributed by atoms with Gasteiger partial charge in [-0.3, -0.25) is 4.79 Å². The van der Waals surface area contributed by atoms with Crippen molar-refractivity contribution in [1.29, 1.82) is 0 Å². The van der Waals surface area contributed by atoms with Crippen LogP contribution < -0.4 is 5.73 Å². The second-order valence-corrected chi connectivity index (χ2v) is 4.49. The van der Waals surface area contributed by atoms with Crippen molar-refractivity contribution in [3.8, 4) is 0 Å². The quantitative estimate of drug-likeness (QED) is 0.693. The van der Waals surface area contributed by atoms with Crippen molar-refractivity contribution in [3.05, 3.63) is 0 Å². The van der Waals surface area contributed by atoms with Crippen molar-refractivity contribution < 1.29 is 9.53 Å². The Morgan fingerprint density at radius 1 is 1.50 bits per heavy atom. The summed E-state index contributed by atoms with van der Waals surface area (Å²) in [5.74, 6) is -0.303. The number of rotatable bonds is 6. The Hall–Kier alpha value is -0.610. The molecule has 1 fully saturated rings. The van der Waals surface area contributed by atoms with E-state index in [9.17, 15) is 4.79 Å². The van der Waals surface area contributed by atoms with Gasteiger partial charge in [-0.25, -0.2) is 0 Å². The van der Waals surface area contributed by atoms with Crippen LogP contribution in [0.3, 0.4) is 0 Å². The third kappa shape index (κ3) is 3.76. The van der Waals surface area contributed by atoms with Gasteiger partial charge in [0.1, 0.15) is 6.04 Å². The summed E-state index contributed by atoms with van der Waals surface area (Å²) in [6.45, 7) is 4.11. The minimum Gasteiger partial charge on any atom is -0.468 e. The maximum absolute atomic E-state index is 11.2. The van der Waals surface area contributed by atoms with Crippen LogP contribution in [0, 0.1) is 0 Å². The lowest BCUT2D eigenvalue weighted by Gasteiger charge is -2.28. The van der Waals surface area contributed by atoms with Gasteiger partial charge in [-0.15, -0.1) is 0 Å². The summed E-state index contributed by atoms with van der Waals surface area (Å²) in [5.41, 5.74) is 5.73. The molecule has 0 amide bonds. The molecule has 0 bridgehead atoms. The molecule has 0 aromatic carbocycles. The zero-order valence-corrected chi connectivity index (χ0v) is 10.4. The predicted molar refractivity (Wildman–Crippen MR) is 64.1 cm³/mol. The van der Waals surface area contributed by atoms with E-state index in [1.807, 2.05) is 0 Å². The van der Waals surface area contributed by atoms with Crippen LogP contribution in [-0.4, -0.2) is 43.2 Å². The molecule has 1 rings (SSSR count). The zero-order valence-electron chi connectivity index (χ0n) is 10.4. The third-order valence-corrected chi connectivity index (χ3v) is 3.48. The molecule has 4 nitrogen and oxygen atoms in total. The van der Waals surface area contributed by atoms with E-state index in [0.717, 1.165) is 13.1 Å². The first-order chi connectivity index (χ1) is 7.69. The molecule has 0 aromatic rings. The number of carbonyl (C=O) groups is 1. The number of ether oxygens (including phenoxy) is 1. The highest BCUT2D eigenvalue weighted by atomic mass is 16.5. The topological polar surface area (TPSA) is 55.6 Å². The minimum atomic E-state index is -0.472. The largest absolute Gasteiger partial charge is 0.468 e. The van der Waals surface area contributed by atoms with Crippen LogP contribution in [-0.2, 0) is 9.53 Å². The first kappa shape index (κ1) is 13.5. The molecule has 1 saturated carbocycles.